The highest BCUT2D eigenvalue weighted by molar-refractivity contribution is 9.10. The molecule has 0 radical (unpaired) electrons. The molecule has 0 fully saturated rings. The van der Waals surface area contributed by atoms with Gasteiger partial charge in [0.15, 0.2) is 5.76 Å². The number of nitrogens with one attached hydrogen (secondary N) is 1. The van der Waals surface area contributed by atoms with Crippen LogP contribution in [0.3, 0.4) is 0 Å². The molecule has 0 spiro atoms. The lowest BCUT2D eigenvalue weighted by Crippen LogP contribution is -2.40. The van der Waals surface area contributed by atoms with Gasteiger partial charge in [0.2, 0.25) is 0 Å². The van der Waals surface area contributed by atoms with Crippen molar-refractivity contribution < 1.29 is 13.9 Å². The van der Waals surface area contributed by atoms with E-state index in [2.05, 4.69) is 94.5 Å². The molecule has 0 bridgehead atoms. The van der Waals surface area contributed by atoms with Crippen molar-refractivity contribution >= 4 is 27.3 Å². The van der Waals surface area contributed by atoms with Crippen molar-refractivity contribution in [3.05, 3.63) is 75.5 Å². The molecule has 0 saturated carbocycles. The fourth-order valence-electron chi connectivity index (χ4n) is 5.35. The Labute approximate surface area is 237 Å². The standard InChI is InChI=1S/C31H38BrNO3.C2H6/c1-10-21-12-11-13-25(34-9)28(21)33-20(4)27-16-24(32)29(36-27)35-26-15-22-23(14-18(26)2)31(7,8)19(3)17-30(22,5)6;1-2/h11-16,19,33H,4,10,17H2,1-3,5-9H3;1-2H3. The van der Waals surface area contributed by atoms with Crippen molar-refractivity contribution in [2.24, 2.45) is 5.92 Å². The molecular weight excluding hydrogens is 538 g/mol. The molecule has 0 aliphatic heterocycles. The molecule has 3 aromatic rings. The predicted molar refractivity (Wildman–Crippen MR) is 164 cm³/mol. The largest absolute Gasteiger partial charge is 0.495 e. The summed E-state index contributed by atoms with van der Waals surface area (Å²) in [7, 11) is 1.67. The van der Waals surface area contributed by atoms with Gasteiger partial charge in [-0.2, -0.15) is 0 Å². The zero-order valence-corrected chi connectivity index (χ0v) is 26.4. The summed E-state index contributed by atoms with van der Waals surface area (Å²) in [6.45, 7) is 24.2. The lowest BCUT2D eigenvalue weighted by atomic mass is 9.58. The average Bonchev–Trinajstić information content (AvgIpc) is 3.25. The van der Waals surface area contributed by atoms with Gasteiger partial charge in [-0.25, -0.2) is 0 Å². The lowest BCUT2D eigenvalue weighted by Gasteiger charge is -2.46. The van der Waals surface area contributed by atoms with E-state index in [1.54, 1.807) is 7.11 Å². The second-order valence-corrected chi connectivity index (χ2v) is 12.0. The highest BCUT2D eigenvalue weighted by Crippen LogP contribution is 2.51. The molecule has 1 N–H and O–H groups in total. The van der Waals surface area contributed by atoms with E-state index in [9.17, 15) is 0 Å². The molecule has 0 amide bonds. The number of fused-ring (bicyclic) bond motifs is 1. The average molecular weight is 583 g/mol. The summed E-state index contributed by atoms with van der Waals surface area (Å²) >= 11 is 3.62. The number of halogens is 1. The van der Waals surface area contributed by atoms with Crippen molar-refractivity contribution in [2.75, 3.05) is 12.4 Å². The molecule has 4 nitrogen and oxygen atoms in total. The summed E-state index contributed by atoms with van der Waals surface area (Å²) < 4.78 is 18.8. The summed E-state index contributed by atoms with van der Waals surface area (Å²) in [5.41, 5.74) is 6.71. The van der Waals surface area contributed by atoms with Crippen molar-refractivity contribution in [3.63, 3.8) is 0 Å². The molecule has 1 aromatic heterocycles. The number of hydrogen-bond acceptors (Lipinski definition) is 4. The maximum Gasteiger partial charge on any atom is 0.305 e. The van der Waals surface area contributed by atoms with Gasteiger partial charge in [-0.1, -0.05) is 80.2 Å². The van der Waals surface area contributed by atoms with Gasteiger partial charge in [-0.15, -0.1) is 0 Å². The van der Waals surface area contributed by atoms with Gasteiger partial charge in [-0.05, 0) is 86.8 Å². The minimum atomic E-state index is 0.0750. The number of ether oxygens (including phenoxy) is 2. The minimum absolute atomic E-state index is 0.0750. The van der Waals surface area contributed by atoms with Crippen LogP contribution < -0.4 is 14.8 Å². The first-order valence-electron chi connectivity index (χ1n) is 13.6. The Hall–Kier alpha value is -2.66. The maximum atomic E-state index is 6.36. The van der Waals surface area contributed by atoms with Crippen LogP contribution in [0.4, 0.5) is 5.69 Å². The maximum absolute atomic E-state index is 6.36. The Morgan fingerprint density at radius 2 is 1.79 bits per heavy atom. The van der Waals surface area contributed by atoms with Crippen molar-refractivity contribution in [2.45, 2.75) is 86.0 Å². The van der Waals surface area contributed by atoms with Crippen LogP contribution in [0.1, 0.15) is 89.8 Å². The molecule has 1 unspecified atom stereocenters. The number of aryl methyl sites for hydroxylation is 2. The minimum Gasteiger partial charge on any atom is -0.495 e. The van der Waals surface area contributed by atoms with Crippen LogP contribution in [0.2, 0.25) is 0 Å². The van der Waals surface area contributed by atoms with E-state index in [1.807, 2.05) is 32.0 Å². The molecule has 5 heteroatoms. The molecule has 2 aromatic carbocycles. The van der Waals surface area contributed by atoms with Crippen LogP contribution >= 0.6 is 15.9 Å². The third-order valence-electron chi connectivity index (χ3n) is 7.93. The molecule has 0 saturated heterocycles. The van der Waals surface area contributed by atoms with E-state index in [-0.39, 0.29) is 10.8 Å². The van der Waals surface area contributed by atoms with E-state index in [1.165, 1.54) is 11.1 Å². The molecule has 38 heavy (non-hydrogen) atoms. The van der Waals surface area contributed by atoms with Gasteiger partial charge in [0.25, 0.3) is 0 Å². The Bertz CT molecular complexity index is 1280. The van der Waals surface area contributed by atoms with Crippen molar-refractivity contribution in [3.8, 4) is 17.4 Å². The summed E-state index contributed by atoms with van der Waals surface area (Å²) in [6.07, 6.45) is 2.00. The Morgan fingerprint density at radius 1 is 1.11 bits per heavy atom. The predicted octanol–water partition coefficient (Wildman–Crippen LogP) is 10.4. The third kappa shape index (κ3) is 5.68. The van der Waals surface area contributed by atoms with Gasteiger partial charge in [0, 0.05) is 6.07 Å². The van der Waals surface area contributed by atoms with Gasteiger partial charge in [0.1, 0.15) is 16.0 Å². The van der Waals surface area contributed by atoms with E-state index in [0.717, 1.165) is 45.6 Å². The van der Waals surface area contributed by atoms with Crippen LogP contribution in [0.5, 0.6) is 17.4 Å². The van der Waals surface area contributed by atoms with Gasteiger partial charge in [0.05, 0.1) is 18.5 Å². The fraction of sp³-hybridized carbons (Fsp3) is 0.455. The van der Waals surface area contributed by atoms with Crippen molar-refractivity contribution in [1.29, 1.82) is 0 Å². The molecule has 1 aliphatic carbocycles. The van der Waals surface area contributed by atoms with E-state index in [0.29, 0.717) is 23.3 Å². The van der Waals surface area contributed by atoms with Crippen LogP contribution in [-0.4, -0.2) is 7.11 Å². The highest BCUT2D eigenvalue weighted by atomic mass is 79.9. The molecule has 1 heterocycles. The van der Waals surface area contributed by atoms with E-state index < -0.39 is 0 Å². The number of furan rings is 1. The van der Waals surface area contributed by atoms with E-state index in [4.69, 9.17) is 13.9 Å². The fourth-order valence-corrected chi connectivity index (χ4v) is 5.72. The number of para-hydroxylation sites is 1. The third-order valence-corrected chi connectivity index (χ3v) is 8.48. The van der Waals surface area contributed by atoms with Crippen molar-refractivity contribution in [1.82, 2.24) is 0 Å². The number of methoxy groups -OCH3 is 1. The van der Waals surface area contributed by atoms with Gasteiger partial charge < -0.3 is 19.2 Å². The Morgan fingerprint density at radius 3 is 2.42 bits per heavy atom. The first kappa shape index (κ1) is 29.9. The normalized spacial score (nSPS) is 17.1. The highest BCUT2D eigenvalue weighted by Gasteiger charge is 2.42. The van der Waals surface area contributed by atoms with Crippen LogP contribution in [0.25, 0.3) is 5.70 Å². The van der Waals surface area contributed by atoms with Crippen LogP contribution in [0.15, 0.2) is 51.9 Å². The number of hydrogen-bond donors (Lipinski definition) is 1. The molecule has 206 valence electrons. The Kier molecular flexibility index (Phi) is 9.13. The quantitative estimate of drug-likeness (QED) is 0.301. The Balaban J connectivity index is 0.00000195. The zero-order valence-electron chi connectivity index (χ0n) is 24.8. The van der Waals surface area contributed by atoms with Crippen LogP contribution in [-0.2, 0) is 17.3 Å². The number of benzene rings is 2. The zero-order chi connectivity index (χ0) is 28.4. The van der Waals surface area contributed by atoms with E-state index >= 15 is 0 Å². The summed E-state index contributed by atoms with van der Waals surface area (Å²) in [6, 6.07) is 12.4. The second-order valence-electron chi connectivity index (χ2n) is 11.2. The summed E-state index contributed by atoms with van der Waals surface area (Å²) in [5, 5.41) is 3.39. The first-order chi connectivity index (χ1) is 17.9. The molecule has 1 atom stereocenters. The second kappa shape index (κ2) is 11.6. The molecule has 4 rings (SSSR count). The monoisotopic (exact) mass is 581 g/mol. The lowest BCUT2D eigenvalue weighted by molar-refractivity contribution is 0.232. The number of rotatable bonds is 7. The summed E-state index contributed by atoms with van der Waals surface area (Å²) in [5.74, 6) is 3.18. The topological polar surface area (TPSA) is 43.6 Å². The summed E-state index contributed by atoms with van der Waals surface area (Å²) in [4.78, 5) is 0. The first-order valence-corrected chi connectivity index (χ1v) is 14.4. The van der Waals surface area contributed by atoms with Gasteiger partial charge >= 0.3 is 5.95 Å². The van der Waals surface area contributed by atoms with Crippen LogP contribution in [0, 0.1) is 12.8 Å². The SMILES string of the molecule is C=C(Nc1c(CC)cccc1OC)c1cc(Br)c(Oc2cc3c(cc2C)C(C)(C)C(C)CC3(C)C)o1.CC. The number of anilines is 1. The molecular formula is C33H44BrNO3. The smallest absolute Gasteiger partial charge is 0.305 e. The van der Waals surface area contributed by atoms with Gasteiger partial charge in [-0.3, -0.25) is 0 Å². The molecule has 1 aliphatic rings.